The minimum atomic E-state index is -0.448. The molecule has 0 atom stereocenters. The van der Waals surface area contributed by atoms with E-state index in [9.17, 15) is 4.39 Å². The summed E-state index contributed by atoms with van der Waals surface area (Å²) in [6.07, 6.45) is 0. The summed E-state index contributed by atoms with van der Waals surface area (Å²) in [6.45, 7) is 0.127. The minimum Gasteiger partial charge on any atom is -0.493 e. The van der Waals surface area contributed by atoms with E-state index in [-0.39, 0.29) is 12.3 Å². The lowest BCUT2D eigenvalue weighted by Crippen LogP contribution is -2.09. The van der Waals surface area contributed by atoms with Crippen molar-refractivity contribution in [2.75, 3.05) is 7.11 Å². The molecule has 5 heteroatoms. The SMILES string of the molecule is COc1c(F)ccc(Br)c1CNO. The summed E-state index contributed by atoms with van der Waals surface area (Å²) in [7, 11) is 1.38. The van der Waals surface area contributed by atoms with Crippen molar-refractivity contribution in [3.8, 4) is 5.75 Å². The molecule has 0 heterocycles. The van der Waals surface area contributed by atoms with Crippen LogP contribution in [0.25, 0.3) is 0 Å². The number of hydrogen-bond acceptors (Lipinski definition) is 3. The summed E-state index contributed by atoms with van der Waals surface area (Å²) in [5.74, 6) is -0.313. The summed E-state index contributed by atoms with van der Waals surface area (Å²) in [4.78, 5) is 0. The Bertz CT molecular complexity index is 306. The monoisotopic (exact) mass is 249 g/mol. The first-order valence-corrected chi connectivity index (χ1v) is 4.37. The maximum absolute atomic E-state index is 13.1. The molecular formula is C8H9BrFNO2. The largest absolute Gasteiger partial charge is 0.493 e. The van der Waals surface area contributed by atoms with Gasteiger partial charge in [0.1, 0.15) is 0 Å². The van der Waals surface area contributed by atoms with Crippen molar-refractivity contribution < 1.29 is 14.3 Å². The van der Waals surface area contributed by atoms with Crippen LogP contribution in [0.4, 0.5) is 4.39 Å². The van der Waals surface area contributed by atoms with Gasteiger partial charge in [-0.2, -0.15) is 0 Å². The summed E-state index contributed by atoms with van der Waals surface area (Å²) < 4.78 is 18.6. The number of ether oxygens (including phenoxy) is 1. The molecule has 1 rings (SSSR count). The molecule has 72 valence electrons. The van der Waals surface area contributed by atoms with E-state index in [4.69, 9.17) is 9.94 Å². The Balaban J connectivity index is 3.18. The average molecular weight is 250 g/mol. The van der Waals surface area contributed by atoms with Crippen molar-refractivity contribution in [2.24, 2.45) is 0 Å². The maximum Gasteiger partial charge on any atom is 0.165 e. The number of halogens is 2. The first-order chi connectivity index (χ1) is 6.20. The van der Waals surface area contributed by atoms with Crippen LogP contribution in [0.5, 0.6) is 5.75 Å². The van der Waals surface area contributed by atoms with E-state index in [0.29, 0.717) is 10.0 Å². The van der Waals surface area contributed by atoms with E-state index in [0.717, 1.165) is 0 Å². The van der Waals surface area contributed by atoms with Gasteiger partial charge < -0.3 is 9.94 Å². The third-order valence-corrected chi connectivity index (χ3v) is 2.36. The van der Waals surface area contributed by atoms with Gasteiger partial charge in [-0.1, -0.05) is 15.9 Å². The lowest BCUT2D eigenvalue weighted by Gasteiger charge is -2.10. The average Bonchev–Trinajstić information content (AvgIpc) is 2.12. The maximum atomic E-state index is 13.1. The zero-order valence-corrected chi connectivity index (χ0v) is 8.56. The minimum absolute atomic E-state index is 0.127. The number of nitrogens with one attached hydrogen (secondary N) is 1. The van der Waals surface area contributed by atoms with Crippen molar-refractivity contribution in [2.45, 2.75) is 6.54 Å². The predicted molar refractivity (Wildman–Crippen MR) is 49.3 cm³/mol. The molecule has 0 radical (unpaired) electrons. The molecular weight excluding hydrogens is 241 g/mol. The quantitative estimate of drug-likeness (QED) is 0.807. The van der Waals surface area contributed by atoms with Gasteiger partial charge in [-0.3, -0.25) is 0 Å². The van der Waals surface area contributed by atoms with Crippen molar-refractivity contribution >= 4 is 15.9 Å². The van der Waals surface area contributed by atoms with E-state index in [2.05, 4.69) is 15.9 Å². The van der Waals surface area contributed by atoms with Gasteiger partial charge in [-0.25, -0.2) is 9.87 Å². The van der Waals surface area contributed by atoms with Gasteiger partial charge in [0.05, 0.1) is 13.7 Å². The van der Waals surface area contributed by atoms with Crippen LogP contribution in [0, 0.1) is 5.82 Å². The molecule has 0 saturated carbocycles. The molecule has 0 amide bonds. The Kier molecular flexibility index (Phi) is 3.65. The summed E-state index contributed by atoms with van der Waals surface area (Å²) in [5.41, 5.74) is 2.50. The molecule has 1 aromatic carbocycles. The van der Waals surface area contributed by atoms with Gasteiger partial charge in [-0.15, -0.1) is 0 Å². The fourth-order valence-electron chi connectivity index (χ4n) is 1.04. The Morgan fingerprint density at radius 2 is 2.31 bits per heavy atom. The van der Waals surface area contributed by atoms with E-state index < -0.39 is 5.82 Å². The van der Waals surface area contributed by atoms with Crippen LogP contribution < -0.4 is 10.2 Å². The normalized spacial score (nSPS) is 10.2. The van der Waals surface area contributed by atoms with Gasteiger partial charge in [0.25, 0.3) is 0 Å². The van der Waals surface area contributed by atoms with Crippen molar-refractivity contribution in [3.63, 3.8) is 0 Å². The molecule has 2 N–H and O–H groups in total. The van der Waals surface area contributed by atoms with E-state index in [1.807, 2.05) is 5.48 Å². The van der Waals surface area contributed by atoms with Gasteiger partial charge in [0.2, 0.25) is 0 Å². The fourth-order valence-corrected chi connectivity index (χ4v) is 1.49. The van der Waals surface area contributed by atoms with E-state index in [1.165, 1.54) is 13.2 Å². The highest BCUT2D eigenvalue weighted by Gasteiger charge is 2.11. The smallest absolute Gasteiger partial charge is 0.165 e. The number of rotatable bonds is 3. The molecule has 0 fully saturated rings. The van der Waals surface area contributed by atoms with Crippen LogP contribution in [-0.2, 0) is 6.54 Å². The van der Waals surface area contributed by atoms with Gasteiger partial charge in [0, 0.05) is 10.0 Å². The van der Waals surface area contributed by atoms with Crippen LogP contribution in [0.2, 0.25) is 0 Å². The molecule has 0 aromatic heterocycles. The highest BCUT2D eigenvalue weighted by atomic mass is 79.9. The predicted octanol–water partition coefficient (Wildman–Crippen LogP) is 2.08. The van der Waals surface area contributed by atoms with Crippen LogP contribution in [-0.4, -0.2) is 12.3 Å². The number of methoxy groups -OCH3 is 1. The van der Waals surface area contributed by atoms with Crippen molar-refractivity contribution in [3.05, 3.63) is 28.0 Å². The molecule has 13 heavy (non-hydrogen) atoms. The van der Waals surface area contributed by atoms with Gasteiger partial charge in [-0.05, 0) is 12.1 Å². The molecule has 0 spiro atoms. The molecule has 0 saturated heterocycles. The van der Waals surface area contributed by atoms with Crippen LogP contribution in [0.1, 0.15) is 5.56 Å². The molecule has 3 nitrogen and oxygen atoms in total. The number of hydroxylamine groups is 1. The van der Waals surface area contributed by atoms with Crippen molar-refractivity contribution in [1.82, 2.24) is 5.48 Å². The molecule has 0 unspecified atom stereocenters. The van der Waals surface area contributed by atoms with Gasteiger partial charge >= 0.3 is 0 Å². The summed E-state index contributed by atoms with van der Waals surface area (Å²) in [5, 5.41) is 8.51. The van der Waals surface area contributed by atoms with E-state index >= 15 is 0 Å². The zero-order chi connectivity index (χ0) is 9.84. The molecule has 1 aromatic rings. The lowest BCUT2D eigenvalue weighted by atomic mass is 10.2. The Morgan fingerprint density at radius 1 is 1.62 bits per heavy atom. The van der Waals surface area contributed by atoms with Crippen LogP contribution in [0.3, 0.4) is 0 Å². The standard InChI is InChI=1S/C8H9BrFNO2/c1-13-8-5(4-11-12)6(9)2-3-7(8)10/h2-3,11-12H,4H2,1H3. The zero-order valence-electron chi connectivity index (χ0n) is 6.97. The second-order valence-corrected chi connectivity index (χ2v) is 3.23. The summed E-state index contributed by atoms with van der Waals surface area (Å²) in [6, 6.07) is 2.86. The molecule has 0 aliphatic rings. The van der Waals surface area contributed by atoms with Crippen molar-refractivity contribution in [1.29, 1.82) is 0 Å². The highest BCUT2D eigenvalue weighted by Crippen LogP contribution is 2.29. The van der Waals surface area contributed by atoms with Crippen LogP contribution in [0.15, 0.2) is 16.6 Å². The second-order valence-electron chi connectivity index (χ2n) is 2.38. The van der Waals surface area contributed by atoms with E-state index in [1.54, 1.807) is 6.07 Å². The summed E-state index contributed by atoms with van der Waals surface area (Å²) >= 11 is 3.23. The number of benzene rings is 1. The van der Waals surface area contributed by atoms with Crippen LogP contribution >= 0.6 is 15.9 Å². The third-order valence-electron chi connectivity index (χ3n) is 1.62. The topological polar surface area (TPSA) is 41.5 Å². The Morgan fingerprint density at radius 3 is 2.85 bits per heavy atom. The first kappa shape index (κ1) is 10.4. The number of hydrogen-bond donors (Lipinski definition) is 2. The first-order valence-electron chi connectivity index (χ1n) is 3.58. The second kappa shape index (κ2) is 4.55. The fraction of sp³-hybridized carbons (Fsp3) is 0.250. The highest BCUT2D eigenvalue weighted by molar-refractivity contribution is 9.10. The third kappa shape index (κ3) is 2.18. The lowest BCUT2D eigenvalue weighted by molar-refractivity contribution is 0.159. The Hall–Kier alpha value is -0.650. The molecule has 0 aliphatic heterocycles. The molecule has 0 bridgehead atoms. The Labute approximate surface area is 83.6 Å². The van der Waals surface area contributed by atoms with Gasteiger partial charge in [0.15, 0.2) is 11.6 Å². The molecule has 0 aliphatic carbocycles.